The molecule has 0 unspecified atom stereocenters. The molecule has 0 heterocycles. The van der Waals surface area contributed by atoms with Crippen LogP contribution in [0.4, 0.5) is 0 Å². The van der Waals surface area contributed by atoms with Crippen LogP contribution in [0.5, 0.6) is 11.5 Å². The van der Waals surface area contributed by atoms with Gasteiger partial charge in [0.1, 0.15) is 11.5 Å². The Morgan fingerprint density at radius 3 is 2.32 bits per heavy atom. The SMILES string of the molecule is CCC(=Cc1cc(OC)c(CC)cc1OC)[N+](=O)[O-]. The van der Waals surface area contributed by atoms with Gasteiger partial charge in [0, 0.05) is 18.1 Å². The number of methoxy groups -OCH3 is 2. The van der Waals surface area contributed by atoms with Crippen molar-refractivity contribution in [3.8, 4) is 11.5 Å². The van der Waals surface area contributed by atoms with Crippen LogP contribution >= 0.6 is 0 Å². The van der Waals surface area contributed by atoms with Gasteiger partial charge in [-0.25, -0.2) is 0 Å². The van der Waals surface area contributed by atoms with Gasteiger partial charge in [-0.2, -0.15) is 0 Å². The largest absolute Gasteiger partial charge is 0.496 e. The number of ether oxygens (including phenoxy) is 2. The van der Waals surface area contributed by atoms with Crippen LogP contribution in [0, 0.1) is 10.1 Å². The van der Waals surface area contributed by atoms with Gasteiger partial charge in [0.15, 0.2) is 0 Å². The molecule has 1 rings (SSSR count). The molecule has 0 atom stereocenters. The summed E-state index contributed by atoms with van der Waals surface area (Å²) in [6, 6.07) is 3.63. The number of allylic oxidation sites excluding steroid dienone is 1. The summed E-state index contributed by atoms with van der Waals surface area (Å²) in [4.78, 5) is 10.5. The Kier molecular flexibility index (Phi) is 5.36. The fourth-order valence-corrected chi connectivity index (χ4v) is 1.84. The van der Waals surface area contributed by atoms with Gasteiger partial charge in [0.05, 0.1) is 19.1 Å². The van der Waals surface area contributed by atoms with Gasteiger partial charge in [0.2, 0.25) is 5.70 Å². The zero-order valence-corrected chi connectivity index (χ0v) is 11.7. The first kappa shape index (κ1) is 15.0. The van der Waals surface area contributed by atoms with Crippen LogP contribution in [0.3, 0.4) is 0 Å². The second kappa shape index (κ2) is 6.78. The molecule has 0 amide bonds. The number of rotatable bonds is 6. The van der Waals surface area contributed by atoms with E-state index in [1.54, 1.807) is 27.2 Å². The fraction of sp³-hybridized carbons (Fsp3) is 0.429. The first-order chi connectivity index (χ1) is 9.07. The maximum absolute atomic E-state index is 10.9. The summed E-state index contributed by atoms with van der Waals surface area (Å²) in [7, 11) is 3.14. The molecule has 0 saturated heterocycles. The second-order valence-electron chi connectivity index (χ2n) is 4.01. The fourth-order valence-electron chi connectivity index (χ4n) is 1.84. The van der Waals surface area contributed by atoms with Crippen LogP contribution in [0.2, 0.25) is 0 Å². The average molecular weight is 265 g/mol. The van der Waals surface area contributed by atoms with Crippen molar-refractivity contribution in [1.29, 1.82) is 0 Å². The highest BCUT2D eigenvalue weighted by atomic mass is 16.6. The number of benzene rings is 1. The third-order valence-electron chi connectivity index (χ3n) is 2.93. The number of nitrogens with zero attached hydrogens (tertiary/aromatic N) is 1. The predicted octanol–water partition coefficient (Wildman–Crippen LogP) is 3.29. The first-order valence-corrected chi connectivity index (χ1v) is 6.17. The van der Waals surface area contributed by atoms with Crippen molar-refractivity contribution in [2.24, 2.45) is 0 Å². The Labute approximate surface area is 113 Å². The lowest BCUT2D eigenvalue weighted by Crippen LogP contribution is -1.99. The van der Waals surface area contributed by atoms with E-state index >= 15 is 0 Å². The topological polar surface area (TPSA) is 61.6 Å². The lowest BCUT2D eigenvalue weighted by atomic mass is 10.1. The van der Waals surface area contributed by atoms with Gasteiger partial charge >= 0.3 is 0 Å². The maximum Gasteiger partial charge on any atom is 0.246 e. The Bertz CT molecular complexity index is 494. The van der Waals surface area contributed by atoms with E-state index in [1.165, 1.54) is 6.08 Å². The van der Waals surface area contributed by atoms with E-state index in [4.69, 9.17) is 9.47 Å². The Morgan fingerprint density at radius 1 is 1.26 bits per heavy atom. The third kappa shape index (κ3) is 3.47. The zero-order chi connectivity index (χ0) is 14.4. The standard InChI is InChI=1S/C14H19NO4/c1-5-10-8-14(19-4)11(9-13(10)18-3)7-12(6-2)15(16)17/h7-9H,5-6H2,1-4H3. The third-order valence-corrected chi connectivity index (χ3v) is 2.93. The first-order valence-electron chi connectivity index (χ1n) is 6.17. The molecule has 5 heteroatoms. The Morgan fingerprint density at radius 2 is 1.89 bits per heavy atom. The second-order valence-corrected chi connectivity index (χ2v) is 4.01. The van der Waals surface area contributed by atoms with Gasteiger partial charge in [-0.1, -0.05) is 13.8 Å². The van der Waals surface area contributed by atoms with Crippen molar-refractivity contribution in [3.05, 3.63) is 39.1 Å². The van der Waals surface area contributed by atoms with Crippen molar-refractivity contribution >= 4 is 6.08 Å². The Hall–Kier alpha value is -2.04. The average Bonchev–Trinajstić information content (AvgIpc) is 2.43. The summed E-state index contributed by atoms with van der Waals surface area (Å²) >= 11 is 0. The predicted molar refractivity (Wildman–Crippen MR) is 74.2 cm³/mol. The molecule has 104 valence electrons. The molecule has 0 aliphatic heterocycles. The highest BCUT2D eigenvalue weighted by Crippen LogP contribution is 2.31. The summed E-state index contributed by atoms with van der Waals surface area (Å²) in [5.41, 5.74) is 1.81. The monoisotopic (exact) mass is 265 g/mol. The summed E-state index contributed by atoms with van der Waals surface area (Å²) in [5, 5.41) is 10.9. The van der Waals surface area contributed by atoms with Gasteiger partial charge in [0.25, 0.3) is 0 Å². The van der Waals surface area contributed by atoms with E-state index in [1.807, 2.05) is 13.0 Å². The van der Waals surface area contributed by atoms with E-state index < -0.39 is 0 Å². The van der Waals surface area contributed by atoms with E-state index in [9.17, 15) is 10.1 Å². The lowest BCUT2D eigenvalue weighted by molar-refractivity contribution is -0.425. The number of hydrogen-bond donors (Lipinski definition) is 0. The molecular weight excluding hydrogens is 246 g/mol. The minimum atomic E-state index is -0.375. The molecule has 0 aliphatic rings. The van der Waals surface area contributed by atoms with E-state index in [-0.39, 0.29) is 10.6 Å². The molecule has 0 aliphatic carbocycles. The van der Waals surface area contributed by atoms with Crippen molar-refractivity contribution in [2.75, 3.05) is 14.2 Å². The van der Waals surface area contributed by atoms with Crippen molar-refractivity contribution in [2.45, 2.75) is 26.7 Å². The van der Waals surface area contributed by atoms with E-state index in [2.05, 4.69) is 0 Å². The summed E-state index contributed by atoms with van der Waals surface area (Å²) in [6.45, 7) is 3.76. The molecule has 0 radical (unpaired) electrons. The van der Waals surface area contributed by atoms with Gasteiger partial charge in [-0.3, -0.25) is 10.1 Å². The molecule has 1 aromatic carbocycles. The van der Waals surface area contributed by atoms with Crippen molar-refractivity contribution in [1.82, 2.24) is 0 Å². The van der Waals surface area contributed by atoms with Crippen molar-refractivity contribution in [3.63, 3.8) is 0 Å². The van der Waals surface area contributed by atoms with Crippen LogP contribution in [-0.2, 0) is 6.42 Å². The van der Waals surface area contributed by atoms with Crippen molar-refractivity contribution < 1.29 is 14.4 Å². The minimum absolute atomic E-state index is 0.143. The van der Waals surface area contributed by atoms with Gasteiger partial charge < -0.3 is 9.47 Å². The summed E-state index contributed by atoms with van der Waals surface area (Å²) in [6.07, 6.45) is 2.69. The van der Waals surface area contributed by atoms with Crippen LogP contribution < -0.4 is 9.47 Å². The quantitative estimate of drug-likeness (QED) is 0.585. The molecule has 0 spiro atoms. The van der Waals surface area contributed by atoms with E-state index in [0.717, 1.165) is 12.0 Å². The lowest BCUT2D eigenvalue weighted by Gasteiger charge is -2.12. The minimum Gasteiger partial charge on any atom is -0.496 e. The maximum atomic E-state index is 10.9. The Balaban J connectivity index is 3.37. The molecule has 5 nitrogen and oxygen atoms in total. The van der Waals surface area contributed by atoms with Crippen LogP contribution in [0.15, 0.2) is 17.8 Å². The van der Waals surface area contributed by atoms with Gasteiger partial charge in [-0.05, 0) is 24.1 Å². The van der Waals surface area contributed by atoms with E-state index in [0.29, 0.717) is 23.5 Å². The molecule has 0 fully saturated rings. The number of nitro groups is 1. The van der Waals surface area contributed by atoms with Gasteiger partial charge in [-0.15, -0.1) is 0 Å². The summed E-state index contributed by atoms with van der Waals surface area (Å²) < 4.78 is 10.6. The highest BCUT2D eigenvalue weighted by Gasteiger charge is 2.13. The zero-order valence-electron chi connectivity index (χ0n) is 11.7. The number of aryl methyl sites for hydroxylation is 1. The molecule has 19 heavy (non-hydrogen) atoms. The molecule has 1 aromatic rings. The molecule has 0 bridgehead atoms. The molecule has 0 aromatic heterocycles. The van der Waals surface area contributed by atoms with Crippen LogP contribution in [0.1, 0.15) is 31.4 Å². The van der Waals surface area contributed by atoms with Crippen LogP contribution in [0.25, 0.3) is 6.08 Å². The summed E-state index contributed by atoms with van der Waals surface area (Å²) in [5.74, 6) is 1.33. The molecule has 0 saturated carbocycles. The van der Waals surface area contributed by atoms with Crippen LogP contribution in [-0.4, -0.2) is 19.1 Å². The highest BCUT2D eigenvalue weighted by molar-refractivity contribution is 5.62. The number of hydrogen-bond acceptors (Lipinski definition) is 4. The smallest absolute Gasteiger partial charge is 0.246 e. The normalized spacial score (nSPS) is 11.3. The molecule has 0 N–H and O–H groups in total. The molecular formula is C14H19NO4.